The van der Waals surface area contributed by atoms with Gasteiger partial charge in [-0.1, -0.05) is 24.4 Å². The number of H-pyrrole nitrogens is 1. The van der Waals surface area contributed by atoms with Crippen LogP contribution in [0.5, 0.6) is 0 Å². The Hall–Kier alpha value is -1.53. The van der Waals surface area contributed by atoms with Crippen molar-refractivity contribution in [2.75, 3.05) is 12.3 Å². The first-order valence-corrected chi connectivity index (χ1v) is 11.3. The van der Waals surface area contributed by atoms with E-state index in [4.69, 9.17) is 11.6 Å². The number of aromatic amines is 1. The Bertz CT molecular complexity index is 945. The van der Waals surface area contributed by atoms with Crippen molar-refractivity contribution in [2.24, 2.45) is 0 Å². The minimum atomic E-state index is -3.15. The molecule has 0 spiro atoms. The number of amides is 1. The van der Waals surface area contributed by atoms with E-state index < -0.39 is 9.84 Å². The van der Waals surface area contributed by atoms with E-state index in [1.165, 1.54) is 0 Å². The van der Waals surface area contributed by atoms with Crippen LogP contribution in [0.1, 0.15) is 43.4 Å². The second-order valence-corrected chi connectivity index (χ2v) is 10.2. The Kier molecular flexibility index (Phi) is 4.73. The number of halogens is 1. The third-order valence-electron chi connectivity index (χ3n) is 5.70. The summed E-state index contributed by atoms with van der Waals surface area (Å²) in [5.74, 6) is -0.104. The van der Waals surface area contributed by atoms with Crippen LogP contribution in [0.3, 0.4) is 0 Å². The summed E-state index contributed by atoms with van der Waals surface area (Å²) in [5, 5.41) is 1.48. The molecule has 2 aliphatic rings. The highest BCUT2D eigenvalue weighted by Crippen LogP contribution is 2.30. The van der Waals surface area contributed by atoms with Crippen molar-refractivity contribution in [3.63, 3.8) is 0 Å². The maximum Gasteiger partial charge on any atom is 0.223 e. The van der Waals surface area contributed by atoms with Crippen LogP contribution in [0.2, 0.25) is 5.02 Å². The molecule has 1 aliphatic heterocycles. The van der Waals surface area contributed by atoms with Gasteiger partial charge in [-0.2, -0.15) is 0 Å². The van der Waals surface area contributed by atoms with Crippen LogP contribution >= 0.6 is 11.6 Å². The summed E-state index contributed by atoms with van der Waals surface area (Å²) in [6.45, 7) is 1.13. The first kappa shape index (κ1) is 17.9. The first-order valence-electron chi connectivity index (χ1n) is 9.22. The molecule has 0 saturated heterocycles. The fourth-order valence-electron chi connectivity index (χ4n) is 4.20. The number of nitrogens with one attached hydrogen (secondary N) is 1. The lowest BCUT2D eigenvalue weighted by Gasteiger charge is -2.27. The zero-order valence-electron chi connectivity index (χ0n) is 14.6. The molecule has 1 aromatic carbocycles. The maximum atomic E-state index is 12.6. The third-order valence-corrected chi connectivity index (χ3v) is 8.20. The number of hydrogen-bond acceptors (Lipinski definition) is 3. The molecule has 26 heavy (non-hydrogen) atoms. The molecule has 0 radical (unpaired) electrons. The number of carbonyl (C=O) groups excluding carboxylic acids is 1. The Morgan fingerprint density at radius 2 is 2.04 bits per heavy atom. The number of fused-ring (bicyclic) bond motifs is 3. The molecular formula is C19H23ClN2O3S. The zero-order chi connectivity index (χ0) is 18.3. The van der Waals surface area contributed by atoms with Crippen LogP contribution < -0.4 is 0 Å². The molecule has 140 valence electrons. The van der Waals surface area contributed by atoms with Gasteiger partial charge in [-0.15, -0.1) is 0 Å². The average molecular weight is 395 g/mol. The Labute approximate surface area is 158 Å². The van der Waals surface area contributed by atoms with Crippen LogP contribution in [0.25, 0.3) is 10.9 Å². The van der Waals surface area contributed by atoms with Crippen molar-refractivity contribution in [2.45, 2.75) is 50.3 Å². The highest BCUT2D eigenvalue weighted by Gasteiger charge is 2.30. The van der Waals surface area contributed by atoms with Crippen LogP contribution in [0.4, 0.5) is 0 Å². The molecule has 0 unspecified atom stereocenters. The van der Waals surface area contributed by atoms with Crippen molar-refractivity contribution in [1.29, 1.82) is 0 Å². The van der Waals surface area contributed by atoms with Crippen LogP contribution in [-0.4, -0.2) is 41.8 Å². The van der Waals surface area contributed by atoms with Gasteiger partial charge < -0.3 is 9.88 Å². The summed E-state index contributed by atoms with van der Waals surface area (Å²) in [4.78, 5) is 17.8. The molecule has 5 nitrogen and oxygen atoms in total. The van der Waals surface area contributed by atoms with Gasteiger partial charge >= 0.3 is 0 Å². The summed E-state index contributed by atoms with van der Waals surface area (Å²) in [6, 6.07) is 5.73. The smallest absolute Gasteiger partial charge is 0.223 e. The zero-order valence-corrected chi connectivity index (χ0v) is 16.2. The van der Waals surface area contributed by atoms with Gasteiger partial charge in [0.25, 0.3) is 0 Å². The van der Waals surface area contributed by atoms with Gasteiger partial charge in [-0.05, 0) is 31.0 Å². The molecule has 7 heteroatoms. The number of sulfone groups is 1. The highest BCUT2D eigenvalue weighted by molar-refractivity contribution is 7.92. The number of benzene rings is 1. The van der Waals surface area contributed by atoms with Gasteiger partial charge in [0.1, 0.15) is 0 Å². The summed E-state index contributed by atoms with van der Waals surface area (Å²) < 4.78 is 24.8. The quantitative estimate of drug-likeness (QED) is 0.863. The fraction of sp³-hybridized carbons (Fsp3) is 0.526. The predicted molar refractivity (Wildman–Crippen MR) is 103 cm³/mol. The normalized spacial score (nSPS) is 18.4. The third kappa shape index (κ3) is 3.37. The molecule has 0 atom stereocenters. The topological polar surface area (TPSA) is 70.2 Å². The molecule has 4 rings (SSSR count). The van der Waals surface area contributed by atoms with E-state index in [9.17, 15) is 13.2 Å². The molecule has 0 bridgehead atoms. The first-order chi connectivity index (χ1) is 12.4. The van der Waals surface area contributed by atoms with E-state index in [-0.39, 0.29) is 23.3 Å². The van der Waals surface area contributed by atoms with Crippen molar-refractivity contribution in [3.05, 3.63) is 34.5 Å². The van der Waals surface area contributed by atoms with Crippen molar-refractivity contribution in [1.82, 2.24) is 9.88 Å². The molecule has 2 aromatic rings. The molecule has 1 N–H and O–H groups in total. The van der Waals surface area contributed by atoms with E-state index >= 15 is 0 Å². The van der Waals surface area contributed by atoms with Crippen molar-refractivity contribution >= 4 is 38.2 Å². The minimum Gasteiger partial charge on any atom is -0.358 e. The van der Waals surface area contributed by atoms with Gasteiger partial charge in [0, 0.05) is 53.1 Å². The molecule has 1 aliphatic carbocycles. The highest BCUT2D eigenvalue weighted by atomic mass is 35.5. The second kappa shape index (κ2) is 6.89. The maximum absolute atomic E-state index is 12.6. The van der Waals surface area contributed by atoms with Crippen molar-refractivity contribution < 1.29 is 13.2 Å². The van der Waals surface area contributed by atoms with Gasteiger partial charge in [-0.25, -0.2) is 8.42 Å². The van der Waals surface area contributed by atoms with Gasteiger partial charge in [0.05, 0.1) is 11.0 Å². The number of aromatic nitrogens is 1. The SMILES string of the molecule is O=C(CCS(=O)(=O)C1CCCC1)N1CCc2[nH]c3ccc(Cl)cc3c2C1. The summed E-state index contributed by atoms with van der Waals surface area (Å²) in [5.41, 5.74) is 3.27. The van der Waals surface area contributed by atoms with Crippen molar-refractivity contribution in [3.8, 4) is 0 Å². The number of carbonyl (C=O) groups is 1. The monoisotopic (exact) mass is 394 g/mol. The fourth-order valence-corrected chi connectivity index (χ4v) is 6.22. The van der Waals surface area contributed by atoms with Crippen LogP contribution in [0.15, 0.2) is 18.2 Å². The predicted octanol–water partition coefficient (Wildman–Crippen LogP) is 3.45. The number of hydrogen-bond donors (Lipinski definition) is 1. The van der Waals surface area contributed by atoms with Gasteiger partial charge in [-0.3, -0.25) is 4.79 Å². The van der Waals surface area contributed by atoms with Gasteiger partial charge in [0.2, 0.25) is 5.91 Å². The Morgan fingerprint density at radius 3 is 2.81 bits per heavy atom. The van der Waals surface area contributed by atoms with Crippen LogP contribution in [0, 0.1) is 0 Å². The van der Waals surface area contributed by atoms with E-state index in [0.717, 1.165) is 54.3 Å². The number of rotatable bonds is 4. The lowest BCUT2D eigenvalue weighted by molar-refractivity contribution is -0.131. The molecule has 2 heterocycles. The van der Waals surface area contributed by atoms with E-state index in [0.29, 0.717) is 18.1 Å². The molecular weight excluding hydrogens is 372 g/mol. The minimum absolute atomic E-state index is 0.0282. The van der Waals surface area contributed by atoms with E-state index in [2.05, 4.69) is 4.98 Å². The van der Waals surface area contributed by atoms with E-state index in [1.807, 2.05) is 18.2 Å². The summed E-state index contributed by atoms with van der Waals surface area (Å²) >= 11 is 6.12. The standard InChI is InChI=1S/C19H23ClN2O3S/c20-13-5-6-17-15(11-13)16-12-22(9-7-18(16)21-17)19(23)8-10-26(24,25)14-3-1-2-4-14/h5-6,11,14,21H,1-4,7-10,12H2. The molecule has 1 amide bonds. The van der Waals surface area contributed by atoms with Gasteiger partial charge in [0.15, 0.2) is 9.84 Å². The molecule has 1 saturated carbocycles. The second-order valence-electron chi connectivity index (χ2n) is 7.36. The lowest BCUT2D eigenvalue weighted by atomic mass is 10.0. The number of nitrogens with zero attached hydrogens (tertiary/aromatic N) is 1. The van der Waals surface area contributed by atoms with Crippen LogP contribution in [-0.2, 0) is 27.6 Å². The average Bonchev–Trinajstić information content (AvgIpc) is 3.27. The Morgan fingerprint density at radius 1 is 1.27 bits per heavy atom. The largest absolute Gasteiger partial charge is 0.358 e. The summed E-state index contributed by atoms with van der Waals surface area (Å²) in [6.07, 6.45) is 4.30. The lowest BCUT2D eigenvalue weighted by Crippen LogP contribution is -2.37. The van der Waals surface area contributed by atoms with E-state index in [1.54, 1.807) is 4.90 Å². The summed E-state index contributed by atoms with van der Waals surface area (Å²) in [7, 11) is -3.15. The molecule has 1 aromatic heterocycles. The molecule has 1 fully saturated rings. The Balaban J connectivity index is 1.45.